The fourth-order valence-corrected chi connectivity index (χ4v) is 2.38. The third kappa shape index (κ3) is 2.79. The fourth-order valence-electron chi connectivity index (χ4n) is 1.87. The highest BCUT2D eigenvalue weighted by Crippen LogP contribution is 2.26. The number of aryl methyl sites for hydroxylation is 1. The number of hydrogen-bond donors (Lipinski definition) is 1. The maximum Gasteiger partial charge on any atom is 0.173 e. The molecule has 0 bridgehead atoms. The van der Waals surface area contributed by atoms with E-state index >= 15 is 0 Å². The van der Waals surface area contributed by atoms with Crippen LogP contribution in [0.5, 0.6) is 0 Å². The van der Waals surface area contributed by atoms with Crippen LogP contribution in [0.1, 0.15) is 24.4 Å². The molecule has 4 nitrogen and oxygen atoms in total. The van der Waals surface area contributed by atoms with Crippen LogP contribution in [-0.2, 0) is 13.5 Å². The van der Waals surface area contributed by atoms with E-state index in [-0.39, 0.29) is 6.04 Å². The van der Waals surface area contributed by atoms with E-state index in [1.54, 1.807) is 6.26 Å². The van der Waals surface area contributed by atoms with Gasteiger partial charge in [0, 0.05) is 37.5 Å². The van der Waals surface area contributed by atoms with Gasteiger partial charge in [-0.25, -0.2) is 4.98 Å². The second-order valence-electron chi connectivity index (χ2n) is 3.92. The molecule has 0 fully saturated rings. The van der Waals surface area contributed by atoms with E-state index in [0.717, 1.165) is 29.0 Å². The van der Waals surface area contributed by atoms with Gasteiger partial charge in [-0.3, -0.25) is 0 Å². The molecule has 2 heterocycles. The van der Waals surface area contributed by atoms with Gasteiger partial charge in [-0.2, -0.15) is 0 Å². The van der Waals surface area contributed by atoms with Gasteiger partial charge in [0.05, 0.1) is 6.26 Å². The zero-order valence-corrected chi connectivity index (χ0v) is 11.6. The molecule has 1 unspecified atom stereocenters. The molecule has 1 N–H and O–H groups in total. The molecule has 0 aliphatic rings. The molecule has 0 saturated carbocycles. The summed E-state index contributed by atoms with van der Waals surface area (Å²) in [5.41, 5.74) is 1.13. The van der Waals surface area contributed by atoms with E-state index in [9.17, 15) is 0 Å². The molecule has 1 atom stereocenters. The molecular weight excluding hydrogens is 282 g/mol. The Morgan fingerprint density at radius 3 is 2.94 bits per heavy atom. The second kappa shape index (κ2) is 5.51. The minimum atomic E-state index is 0.217. The number of likely N-dealkylation sites (N-methyl/N-ethyl adjacent to an activating group) is 1. The maximum atomic E-state index is 5.29. The van der Waals surface area contributed by atoms with E-state index < -0.39 is 0 Å². The van der Waals surface area contributed by atoms with Gasteiger partial charge in [0.15, 0.2) is 4.67 Å². The van der Waals surface area contributed by atoms with E-state index in [1.807, 2.05) is 30.1 Å². The van der Waals surface area contributed by atoms with Crippen LogP contribution >= 0.6 is 15.9 Å². The number of furan rings is 1. The Morgan fingerprint density at radius 1 is 1.59 bits per heavy atom. The largest absolute Gasteiger partial charge is 0.457 e. The van der Waals surface area contributed by atoms with Gasteiger partial charge in [0.1, 0.15) is 5.82 Å². The predicted octanol–water partition coefficient (Wildman–Crippen LogP) is 2.67. The Morgan fingerprint density at radius 2 is 2.41 bits per heavy atom. The Hall–Kier alpha value is -1.07. The van der Waals surface area contributed by atoms with Crippen molar-refractivity contribution in [3.8, 4) is 0 Å². The van der Waals surface area contributed by atoms with Crippen LogP contribution in [0.15, 0.2) is 33.8 Å². The van der Waals surface area contributed by atoms with Gasteiger partial charge in [-0.1, -0.05) is 6.92 Å². The van der Waals surface area contributed by atoms with Crippen LogP contribution in [0.25, 0.3) is 0 Å². The van der Waals surface area contributed by atoms with E-state index in [0.29, 0.717) is 0 Å². The Balaban J connectivity index is 2.19. The highest BCUT2D eigenvalue weighted by Gasteiger charge is 2.18. The number of hydrogen-bond acceptors (Lipinski definition) is 3. The lowest BCUT2D eigenvalue weighted by Gasteiger charge is -2.16. The van der Waals surface area contributed by atoms with Crippen molar-refractivity contribution in [1.29, 1.82) is 0 Å². The van der Waals surface area contributed by atoms with Crippen molar-refractivity contribution < 1.29 is 4.42 Å². The van der Waals surface area contributed by atoms with Gasteiger partial charge in [0.2, 0.25) is 0 Å². The van der Waals surface area contributed by atoms with Crippen molar-refractivity contribution in [3.05, 3.63) is 40.8 Å². The summed E-state index contributed by atoms with van der Waals surface area (Å²) < 4.78 is 8.12. The first-order valence-corrected chi connectivity index (χ1v) is 6.44. The van der Waals surface area contributed by atoms with E-state index in [2.05, 4.69) is 33.2 Å². The molecule has 0 aliphatic heterocycles. The van der Waals surface area contributed by atoms with Crippen LogP contribution < -0.4 is 5.32 Å². The van der Waals surface area contributed by atoms with Crippen molar-refractivity contribution in [2.45, 2.75) is 19.4 Å². The first kappa shape index (κ1) is 12.4. The van der Waals surface area contributed by atoms with Crippen molar-refractivity contribution in [2.24, 2.45) is 7.05 Å². The average Bonchev–Trinajstić information content (AvgIpc) is 2.88. The molecule has 0 aliphatic carbocycles. The van der Waals surface area contributed by atoms with Crippen LogP contribution in [0.4, 0.5) is 0 Å². The third-order valence-electron chi connectivity index (χ3n) is 2.78. The molecule has 17 heavy (non-hydrogen) atoms. The summed E-state index contributed by atoms with van der Waals surface area (Å²) >= 11 is 3.43. The quantitative estimate of drug-likeness (QED) is 0.923. The lowest BCUT2D eigenvalue weighted by Crippen LogP contribution is -2.24. The number of nitrogens with one attached hydrogen (secondary N) is 1. The fraction of sp³-hybridized carbons (Fsp3) is 0.417. The summed E-state index contributed by atoms with van der Waals surface area (Å²) in [4.78, 5) is 4.35. The highest BCUT2D eigenvalue weighted by molar-refractivity contribution is 9.10. The first-order valence-electron chi connectivity index (χ1n) is 5.64. The zero-order chi connectivity index (χ0) is 12.3. The number of nitrogens with zero attached hydrogens (tertiary/aromatic N) is 2. The van der Waals surface area contributed by atoms with Crippen LogP contribution in [-0.4, -0.2) is 16.1 Å². The van der Waals surface area contributed by atoms with E-state index in [4.69, 9.17) is 4.42 Å². The Labute approximate surface area is 109 Å². The molecule has 0 saturated heterocycles. The Kier molecular flexibility index (Phi) is 4.02. The molecule has 0 amide bonds. The lowest BCUT2D eigenvalue weighted by atomic mass is 10.1. The Bertz CT molecular complexity index is 478. The molecule has 2 aromatic heterocycles. The molecule has 2 rings (SSSR count). The smallest absolute Gasteiger partial charge is 0.173 e. The third-order valence-corrected chi connectivity index (χ3v) is 3.42. The molecule has 5 heteroatoms. The second-order valence-corrected chi connectivity index (χ2v) is 4.64. The number of halogens is 1. The van der Waals surface area contributed by atoms with Gasteiger partial charge in [-0.15, -0.1) is 0 Å². The van der Waals surface area contributed by atoms with Crippen LogP contribution in [0.2, 0.25) is 0 Å². The number of rotatable bonds is 5. The highest BCUT2D eigenvalue weighted by atomic mass is 79.9. The van der Waals surface area contributed by atoms with Crippen molar-refractivity contribution in [1.82, 2.24) is 14.9 Å². The minimum absolute atomic E-state index is 0.217. The predicted molar refractivity (Wildman–Crippen MR) is 69.7 cm³/mol. The maximum absolute atomic E-state index is 5.29. The summed E-state index contributed by atoms with van der Waals surface area (Å²) in [5, 5.41) is 3.45. The summed E-state index contributed by atoms with van der Waals surface area (Å²) in [6, 6.07) is 2.20. The minimum Gasteiger partial charge on any atom is -0.457 e. The van der Waals surface area contributed by atoms with Crippen molar-refractivity contribution in [2.75, 3.05) is 6.54 Å². The zero-order valence-electron chi connectivity index (χ0n) is 9.98. The monoisotopic (exact) mass is 297 g/mol. The summed E-state index contributed by atoms with van der Waals surface area (Å²) in [5.74, 6) is 1.06. The van der Waals surface area contributed by atoms with Crippen molar-refractivity contribution in [3.63, 3.8) is 0 Å². The number of imidazole rings is 1. The van der Waals surface area contributed by atoms with E-state index in [1.165, 1.54) is 0 Å². The summed E-state index contributed by atoms with van der Waals surface area (Å²) in [6.45, 7) is 3.01. The normalized spacial score (nSPS) is 12.9. The van der Waals surface area contributed by atoms with Gasteiger partial charge >= 0.3 is 0 Å². The molecule has 92 valence electrons. The molecule has 0 radical (unpaired) electrons. The van der Waals surface area contributed by atoms with Crippen LogP contribution in [0.3, 0.4) is 0 Å². The average molecular weight is 298 g/mol. The SMILES string of the molecule is CCNC(Cc1nccn1C)c1ccoc1Br. The lowest BCUT2D eigenvalue weighted by molar-refractivity contribution is 0.497. The summed E-state index contributed by atoms with van der Waals surface area (Å²) in [6.07, 6.45) is 6.32. The van der Waals surface area contributed by atoms with Gasteiger partial charge < -0.3 is 14.3 Å². The van der Waals surface area contributed by atoms with Gasteiger partial charge in [0.25, 0.3) is 0 Å². The number of aromatic nitrogens is 2. The molecule has 2 aromatic rings. The topological polar surface area (TPSA) is 43.0 Å². The molecule has 0 spiro atoms. The molecule has 0 aromatic carbocycles. The molecular formula is C12H16BrN3O. The standard InChI is InChI=1S/C12H16BrN3O/c1-3-14-10(9-4-7-17-12(9)13)8-11-15-5-6-16(11)2/h4-7,10,14H,3,8H2,1-2H3. The first-order chi connectivity index (χ1) is 8.22. The van der Waals surface area contributed by atoms with Gasteiger partial charge in [-0.05, 0) is 28.5 Å². The van der Waals surface area contributed by atoms with Crippen molar-refractivity contribution >= 4 is 15.9 Å². The van der Waals surface area contributed by atoms with Crippen LogP contribution in [0, 0.1) is 0 Å². The summed E-state index contributed by atoms with van der Waals surface area (Å²) in [7, 11) is 2.01.